The van der Waals surface area contributed by atoms with E-state index in [0.29, 0.717) is 11.6 Å². The Labute approximate surface area is 326 Å². The SMILES string of the molecule is C1=CCC(c2nc(-c3cccc4c(-n5c6cc7ccccc7cc6c6cc7ccccc7cc65)cccc34)nc(-c3cccc4c3sc3ccccc34)n2)C=C1. The molecule has 0 saturated heterocycles. The van der Waals surface area contributed by atoms with Crippen molar-refractivity contribution in [3.05, 3.63) is 182 Å². The summed E-state index contributed by atoms with van der Waals surface area (Å²) in [5, 5.41) is 12.1. The second-order valence-electron chi connectivity index (χ2n) is 14.7. The van der Waals surface area contributed by atoms with Gasteiger partial charge in [-0.05, 0) is 75.8 Å². The van der Waals surface area contributed by atoms with Gasteiger partial charge in [-0.2, -0.15) is 0 Å². The Morgan fingerprint density at radius 3 is 1.79 bits per heavy atom. The lowest BCUT2D eigenvalue weighted by Crippen LogP contribution is -2.08. The highest BCUT2D eigenvalue weighted by Gasteiger charge is 2.22. The molecule has 3 heterocycles. The van der Waals surface area contributed by atoms with Gasteiger partial charge in [-0.1, -0.05) is 133 Å². The third kappa shape index (κ3) is 4.81. The van der Waals surface area contributed by atoms with Crippen LogP contribution in [0.1, 0.15) is 18.2 Å². The molecule has 4 nitrogen and oxygen atoms in total. The molecule has 8 aromatic carbocycles. The van der Waals surface area contributed by atoms with Crippen LogP contribution in [-0.2, 0) is 0 Å². The Morgan fingerprint density at radius 1 is 0.482 bits per heavy atom. The van der Waals surface area contributed by atoms with Crippen molar-refractivity contribution in [2.24, 2.45) is 0 Å². The van der Waals surface area contributed by atoms with Gasteiger partial charge in [-0.15, -0.1) is 11.3 Å². The highest BCUT2D eigenvalue weighted by atomic mass is 32.1. The first-order valence-corrected chi connectivity index (χ1v) is 19.9. The molecule has 0 saturated carbocycles. The highest BCUT2D eigenvalue weighted by molar-refractivity contribution is 7.26. The van der Waals surface area contributed by atoms with Crippen molar-refractivity contribution in [2.45, 2.75) is 12.3 Å². The quantitative estimate of drug-likeness (QED) is 0.181. The Hall–Kier alpha value is -6.95. The van der Waals surface area contributed by atoms with Gasteiger partial charge < -0.3 is 4.57 Å². The van der Waals surface area contributed by atoms with Crippen LogP contribution in [0, 0.1) is 0 Å². The van der Waals surface area contributed by atoms with E-state index in [9.17, 15) is 0 Å². The predicted molar refractivity (Wildman–Crippen MR) is 236 cm³/mol. The van der Waals surface area contributed by atoms with Crippen molar-refractivity contribution in [3.63, 3.8) is 0 Å². The summed E-state index contributed by atoms with van der Waals surface area (Å²) in [6.45, 7) is 0. The van der Waals surface area contributed by atoms with Crippen LogP contribution in [0.5, 0.6) is 0 Å². The maximum Gasteiger partial charge on any atom is 0.165 e. The van der Waals surface area contributed by atoms with Crippen molar-refractivity contribution in [2.75, 3.05) is 0 Å². The molecule has 11 aromatic rings. The maximum atomic E-state index is 5.34. The molecule has 12 rings (SSSR count). The lowest BCUT2D eigenvalue weighted by molar-refractivity contribution is 0.764. The van der Waals surface area contributed by atoms with Gasteiger partial charge in [-0.3, -0.25) is 0 Å². The van der Waals surface area contributed by atoms with Crippen LogP contribution in [-0.4, -0.2) is 19.5 Å². The molecule has 5 heteroatoms. The maximum absolute atomic E-state index is 5.34. The average molecular weight is 733 g/mol. The smallest absolute Gasteiger partial charge is 0.165 e. The standard InChI is InChI=1S/C51H32N4S/c1-2-13-31(14-3-1)49-52-50(54-51(53-49)41-24-11-22-39-38-19-8-9-26-47(38)56-48(39)41)40-23-10-21-37-36(40)20-12-25-44(37)55-45-29-34-17-6-4-15-32(34)27-42(45)43-28-33-16-5-7-18-35(33)30-46(43)55/h1-13,15-31H,14H2. The van der Waals surface area contributed by atoms with E-state index in [2.05, 4.69) is 181 Å². The van der Waals surface area contributed by atoms with Crippen molar-refractivity contribution in [1.82, 2.24) is 19.5 Å². The van der Waals surface area contributed by atoms with E-state index in [-0.39, 0.29) is 5.92 Å². The zero-order chi connectivity index (χ0) is 36.7. The highest BCUT2D eigenvalue weighted by Crippen LogP contribution is 2.42. The largest absolute Gasteiger partial charge is 0.309 e. The van der Waals surface area contributed by atoms with E-state index in [4.69, 9.17) is 15.0 Å². The zero-order valence-electron chi connectivity index (χ0n) is 30.2. The Bertz CT molecular complexity index is 3380. The number of hydrogen-bond acceptors (Lipinski definition) is 4. The summed E-state index contributed by atoms with van der Waals surface area (Å²) in [6.07, 6.45) is 9.46. The number of nitrogens with zero attached hydrogens (tertiary/aromatic N) is 4. The van der Waals surface area contributed by atoms with Crippen LogP contribution in [0.2, 0.25) is 0 Å². The third-order valence-corrected chi connectivity index (χ3v) is 12.7. The van der Waals surface area contributed by atoms with Gasteiger partial charge in [0.25, 0.3) is 0 Å². The summed E-state index contributed by atoms with van der Waals surface area (Å²) in [4.78, 5) is 15.8. The normalized spacial score (nSPS) is 14.4. The molecule has 0 bridgehead atoms. The van der Waals surface area contributed by atoms with Gasteiger partial charge >= 0.3 is 0 Å². The minimum absolute atomic E-state index is 0.0647. The van der Waals surface area contributed by atoms with E-state index < -0.39 is 0 Å². The number of fused-ring (bicyclic) bond motifs is 9. The molecule has 0 aliphatic heterocycles. The molecule has 1 atom stereocenters. The minimum atomic E-state index is 0.0647. The van der Waals surface area contributed by atoms with Crippen LogP contribution in [0.3, 0.4) is 0 Å². The predicted octanol–water partition coefficient (Wildman–Crippen LogP) is 13.7. The van der Waals surface area contributed by atoms with Crippen molar-refractivity contribution < 1.29 is 0 Å². The van der Waals surface area contributed by atoms with Crippen LogP contribution < -0.4 is 0 Å². The third-order valence-electron chi connectivity index (χ3n) is 11.5. The van der Waals surface area contributed by atoms with Crippen molar-refractivity contribution in [3.8, 4) is 28.5 Å². The number of thiophene rings is 1. The second kappa shape index (κ2) is 12.3. The Balaban J connectivity index is 1.11. The number of aromatic nitrogens is 4. The molecule has 0 spiro atoms. The van der Waals surface area contributed by atoms with Gasteiger partial charge in [0.05, 0.1) is 16.7 Å². The van der Waals surface area contributed by atoms with E-state index in [0.717, 1.165) is 39.8 Å². The van der Waals surface area contributed by atoms with Gasteiger partial charge in [0.2, 0.25) is 0 Å². The van der Waals surface area contributed by atoms with Gasteiger partial charge in [-0.25, -0.2) is 15.0 Å². The van der Waals surface area contributed by atoms with Crippen LogP contribution in [0.15, 0.2) is 176 Å². The first-order valence-electron chi connectivity index (χ1n) is 19.1. The molecule has 1 aliphatic rings. The summed E-state index contributed by atoms with van der Waals surface area (Å²) in [5.41, 5.74) is 5.52. The minimum Gasteiger partial charge on any atom is -0.309 e. The van der Waals surface area contributed by atoms with Crippen molar-refractivity contribution >= 4 is 85.6 Å². The fraction of sp³-hybridized carbons (Fsp3) is 0.0392. The molecule has 0 amide bonds. The van der Waals surface area contributed by atoms with E-state index in [1.807, 2.05) is 0 Å². The number of allylic oxidation sites excluding steroid dienone is 4. The summed E-state index contributed by atoms with van der Waals surface area (Å²) >= 11 is 1.80. The molecule has 3 aromatic heterocycles. The monoisotopic (exact) mass is 732 g/mol. The lowest BCUT2D eigenvalue weighted by atomic mass is 9.99. The number of benzene rings is 8. The van der Waals surface area contributed by atoms with Crippen LogP contribution >= 0.6 is 11.3 Å². The van der Waals surface area contributed by atoms with Crippen molar-refractivity contribution in [1.29, 1.82) is 0 Å². The molecule has 1 unspecified atom stereocenters. The average Bonchev–Trinajstić information content (AvgIpc) is 3.79. The second-order valence-corrected chi connectivity index (χ2v) is 15.8. The molecule has 56 heavy (non-hydrogen) atoms. The Kier molecular flexibility index (Phi) is 6.89. The molecule has 262 valence electrons. The number of rotatable bonds is 4. The molecular formula is C51H32N4S. The summed E-state index contributed by atoms with van der Waals surface area (Å²) < 4.78 is 4.92. The van der Waals surface area contributed by atoms with E-state index in [1.165, 1.54) is 63.5 Å². The molecule has 0 N–H and O–H groups in total. The zero-order valence-corrected chi connectivity index (χ0v) is 31.0. The van der Waals surface area contributed by atoms with E-state index in [1.54, 1.807) is 11.3 Å². The summed E-state index contributed by atoms with van der Waals surface area (Å²) in [6, 6.07) is 55.1. The van der Waals surface area contributed by atoms with Gasteiger partial charge in [0, 0.05) is 53.4 Å². The molecule has 0 fully saturated rings. The van der Waals surface area contributed by atoms with Gasteiger partial charge in [0.1, 0.15) is 5.82 Å². The molecular weight excluding hydrogens is 701 g/mol. The van der Waals surface area contributed by atoms with Crippen LogP contribution in [0.4, 0.5) is 0 Å². The fourth-order valence-electron chi connectivity index (χ4n) is 8.83. The van der Waals surface area contributed by atoms with Gasteiger partial charge in [0.15, 0.2) is 11.6 Å². The van der Waals surface area contributed by atoms with E-state index >= 15 is 0 Å². The van der Waals surface area contributed by atoms with Crippen LogP contribution in [0.25, 0.3) is 103 Å². The Morgan fingerprint density at radius 2 is 1.07 bits per heavy atom. The summed E-state index contributed by atoms with van der Waals surface area (Å²) in [7, 11) is 0. The lowest BCUT2D eigenvalue weighted by Gasteiger charge is -2.16. The first-order chi connectivity index (χ1) is 27.7. The summed E-state index contributed by atoms with van der Waals surface area (Å²) in [5.74, 6) is 2.25. The molecule has 0 radical (unpaired) electrons. The molecule has 1 aliphatic carbocycles. The first kappa shape index (κ1) is 31.4. The topological polar surface area (TPSA) is 43.6 Å². The number of hydrogen-bond donors (Lipinski definition) is 0. The fourth-order valence-corrected chi connectivity index (χ4v) is 10.0.